The topological polar surface area (TPSA) is 45.6 Å². The van der Waals surface area contributed by atoms with Gasteiger partial charge in [0.2, 0.25) is 0 Å². The standard InChI is InChI=1S/C19H24N2O2/c22-19(17-4-2-1-3-5-17)14-18-15-23-13-12-21(18)11-8-16-6-9-20-10-7-16/h1-7,9-10,18-19,22H,8,11-15H2/t18-,19+/m1/s1. The summed E-state index contributed by atoms with van der Waals surface area (Å²) < 4.78 is 5.64. The molecule has 4 nitrogen and oxygen atoms in total. The Kier molecular flexibility index (Phi) is 5.75. The summed E-state index contributed by atoms with van der Waals surface area (Å²) in [4.78, 5) is 6.50. The van der Waals surface area contributed by atoms with E-state index in [9.17, 15) is 5.11 Å². The summed E-state index contributed by atoms with van der Waals surface area (Å²) in [6.45, 7) is 3.38. The van der Waals surface area contributed by atoms with Gasteiger partial charge in [-0.3, -0.25) is 9.88 Å². The number of aromatic nitrogens is 1. The number of pyridine rings is 1. The van der Waals surface area contributed by atoms with E-state index in [1.54, 1.807) is 0 Å². The van der Waals surface area contributed by atoms with E-state index < -0.39 is 6.10 Å². The van der Waals surface area contributed by atoms with Gasteiger partial charge in [-0.05, 0) is 36.1 Å². The van der Waals surface area contributed by atoms with Crippen LogP contribution in [-0.2, 0) is 11.2 Å². The van der Waals surface area contributed by atoms with Gasteiger partial charge in [0.1, 0.15) is 0 Å². The minimum Gasteiger partial charge on any atom is -0.388 e. The molecule has 0 amide bonds. The zero-order valence-electron chi connectivity index (χ0n) is 13.3. The van der Waals surface area contributed by atoms with E-state index in [0.29, 0.717) is 13.0 Å². The summed E-state index contributed by atoms with van der Waals surface area (Å²) in [5, 5.41) is 10.5. The van der Waals surface area contributed by atoms with Gasteiger partial charge in [0, 0.05) is 31.5 Å². The number of hydrogen-bond acceptors (Lipinski definition) is 4. The minimum absolute atomic E-state index is 0.265. The van der Waals surface area contributed by atoms with E-state index in [1.165, 1.54) is 5.56 Å². The summed E-state index contributed by atoms with van der Waals surface area (Å²) in [7, 11) is 0. The molecule has 2 aromatic rings. The van der Waals surface area contributed by atoms with Gasteiger partial charge in [0.05, 0.1) is 19.3 Å². The first-order chi connectivity index (χ1) is 11.3. The molecule has 0 saturated carbocycles. The number of morpholine rings is 1. The van der Waals surface area contributed by atoms with Gasteiger partial charge in [-0.2, -0.15) is 0 Å². The van der Waals surface area contributed by atoms with Gasteiger partial charge in [-0.1, -0.05) is 30.3 Å². The smallest absolute Gasteiger partial charge is 0.0805 e. The molecule has 0 bridgehead atoms. The molecule has 23 heavy (non-hydrogen) atoms. The van der Waals surface area contributed by atoms with Gasteiger partial charge in [0.25, 0.3) is 0 Å². The monoisotopic (exact) mass is 312 g/mol. The van der Waals surface area contributed by atoms with Crippen molar-refractivity contribution in [3.8, 4) is 0 Å². The Labute approximate surface area is 137 Å². The lowest BCUT2D eigenvalue weighted by molar-refractivity contribution is -0.0255. The maximum Gasteiger partial charge on any atom is 0.0805 e. The SMILES string of the molecule is O[C@@H](C[C@@H]1COCCN1CCc1ccncc1)c1ccccc1. The highest BCUT2D eigenvalue weighted by atomic mass is 16.5. The molecule has 1 aromatic heterocycles. The van der Waals surface area contributed by atoms with Crippen molar-refractivity contribution in [2.75, 3.05) is 26.3 Å². The third kappa shape index (κ3) is 4.61. The van der Waals surface area contributed by atoms with Crippen LogP contribution in [0.25, 0.3) is 0 Å². The molecule has 3 rings (SSSR count). The molecule has 0 aliphatic carbocycles. The lowest BCUT2D eigenvalue weighted by Crippen LogP contribution is -2.46. The average Bonchev–Trinajstić information content (AvgIpc) is 2.62. The van der Waals surface area contributed by atoms with Crippen LogP contribution in [-0.4, -0.2) is 47.3 Å². The molecule has 122 valence electrons. The number of ether oxygens (including phenoxy) is 1. The van der Waals surface area contributed by atoms with E-state index in [0.717, 1.165) is 31.7 Å². The zero-order valence-corrected chi connectivity index (χ0v) is 13.3. The first-order valence-electron chi connectivity index (χ1n) is 8.26. The molecular formula is C19H24N2O2. The van der Waals surface area contributed by atoms with Crippen LogP contribution in [0.15, 0.2) is 54.9 Å². The van der Waals surface area contributed by atoms with E-state index in [1.807, 2.05) is 42.7 Å². The second-order valence-electron chi connectivity index (χ2n) is 6.03. The number of rotatable bonds is 6. The zero-order chi connectivity index (χ0) is 15.9. The molecule has 0 spiro atoms. The molecule has 1 N–H and O–H groups in total. The van der Waals surface area contributed by atoms with Gasteiger partial charge in [-0.15, -0.1) is 0 Å². The van der Waals surface area contributed by atoms with Crippen molar-refractivity contribution >= 4 is 0 Å². The van der Waals surface area contributed by atoms with Gasteiger partial charge in [-0.25, -0.2) is 0 Å². The third-order valence-corrected chi connectivity index (χ3v) is 4.47. The Hall–Kier alpha value is -1.75. The van der Waals surface area contributed by atoms with E-state index in [4.69, 9.17) is 4.74 Å². The van der Waals surface area contributed by atoms with E-state index in [2.05, 4.69) is 22.0 Å². The molecule has 1 aromatic carbocycles. The fourth-order valence-corrected chi connectivity index (χ4v) is 3.09. The average molecular weight is 312 g/mol. The van der Waals surface area contributed by atoms with Crippen LogP contribution in [0.5, 0.6) is 0 Å². The van der Waals surface area contributed by atoms with E-state index >= 15 is 0 Å². The number of nitrogens with zero attached hydrogens (tertiary/aromatic N) is 2. The number of benzene rings is 1. The Bertz CT molecular complexity index is 576. The summed E-state index contributed by atoms with van der Waals surface area (Å²) in [6, 6.07) is 14.3. The highest BCUT2D eigenvalue weighted by molar-refractivity contribution is 5.17. The van der Waals surface area contributed by atoms with Crippen LogP contribution < -0.4 is 0 Å². The van der Waals surface area contributed by atoms with Crippen molar-refractivity contribution < 1.29 is 9.84 Å². The van der Waals surface area contributed by atoms with E-state index in [-0.39, 0.29) is 6.04 Å². The largest absolute Gasteiger partial charge is 0.388 e. The quantitative estimate of drug-likeness (QED) is 0.890. The predicted octanol–water partition coefficient (Wildman–Crippen LogP) is 2.45. The maximum absolute atomic E-state index is 10.5. The fraction of sp³-hybridized carbons (Fsp3) is 0.421. The Morgan fingerprint density at radius 3 is 2.74 bits per heavy atom. The first-order valence-corrected chi connectivity index (χ1v) is 8.26. The van der Waals surface area contributed by atoms with Crippen molar-refractivity contribution in [1.29, 1.82) is 0 Å². The van der Waals surface area contributed by atoms with Crippen LogP contribution in [0, 0.1) is 0 Å². The van der Waals surface area contributed by atoms with Gasteiger partial charge >= 0.3 is 0 Å². The molecule has 2 heterocycles. The van der Waals surface area contributed by atoms with Crippen LogP contribution in [0.4, 0.5) is 0 Å². The second-order valence-corrected chi connectivity index (χ2v) is 6.03. The highest BCUT2D eigenvalue weighted by Gasteiger charge is 2.25. The van der Waals surface area contributed by atoms with Crippen LogP contribution in [0.1, 0.15) is 23.7 Å². The molecule has 4 heteroatoms. The summed E-state index contributed by atoms with van der Waals surface area (Å²) in [6.07, 6.45) is 4.95. The number of hydrogen-bond donors (Lipinski definition) is 1. The van der Waals surface area contributed by atoms with Gasteiger partial charge in [0.15, 0.2) is 0 Å². The maximum atomic E-state index is 10.5. The lowest BCUT2D eigenvalue weighted by Gasteiger charge is -2.36. The molecule has 1 aliphatic rings. The summed E-state index contributed by atoms with van der Waals surface area (Å²) >= 11 is 0. The van der Waals surface area contributed by atoms with Crippen LogP contribution >= 0.6 is 0 Å². The summed E-state index contributed by atoms with van der Waals surface area (Å²) in [5.41, 5.74) is 2.28. The molecule has 1 aliphatic heterocycles. The first kappa shape index (κ1) is 16.1. The van der Waals surface area contributed by atoms with Crippen molar-refractivity contribution in [3.63, 3.8) is 0 Å². The normalized spacial score (nSPS) is 20.3. The van der Waals surface area contributed by atoms with Gasteiger partial charge < -0.3 is 9.84 Å². The Morgan fingerprint density at radius 2 is 1.96 bits per heavy atom. The Morgan fingerprint density at radius 1 is 1.17 bits per heavy atom. The fourth-order valence-electron chi connectivity index (χ4n) is 3.09. The molecule has 1 fully saturated rings. The molecule has 0 radical (unpaired) electrons. The number of aliphatic hydroxyl groups is 1. The lowest BCUT2D eigenvalue weighted by atomic mass is 10.0. The molecule has 1 saturated heterocycles. The molecule has 0 unspecified atom stereocenters. The predicted molar refractivity (Wildman–Crippen MR) is 90.1 cm³/mol. The second kappa shape index (κ2) is 8.20. The third-order valence-electron chi connectivity index (χ3n) is 4.47. The van der Waals surface area contributed by atoms with Crippen molar-refractivity contribution in [2.24, 2.45) is 0 Å². The van der Waals surface area contributed by atoms with Crippen molar-refractivity contribution in [1.82, 2.24) is 9.88 Å². The van der Waals surface area contributed by atoms with Crippen LogP contribution in [0.3, 0.4) is 0 Å². The Balaban J connectivity index is 1.58. The van der Waals surface area contributed by atoms with Crippen LogP contribution in [0.2, 0.25) is 0 Å². The highest BCUT2D eigenvalue weighted by Crippen LogP contribution is 2.22. The minimum atomic E-state index is -0.439. The molecular weight excluding hydrogens is 288 g/mol. The molecule has 2 atom stereocenters. The van der Waals surface area contributed by atoms with Crippen molar-refractivity contribution in [3.05, 3.63) is 66.0 Å². The number of aliphatic hydroxyl groups excluding tert-OH is 1. The summed E-state index contributed by atoms with van der Waals surface area (Å²) in [5.74, 6) is 0. The van der Waals surface area contributed by atoms with Crippen molar-refractivity contribution in [2.45, 2.75) is 25.0 Å².